The summed E-state index contributed by atoms with van der Waals surface area (Å²) in [5, 5.41) is 15.4. The molecule has 2 aromatic heterocycles. The topological polar surface area (TPSA) is 85.8 Å². The summed E-state index contributed by atoms with van der Waals surface area (Å²) in [5.41, 5.74) is 1.83. The molecule has 4 aromatic rings. The van der Waals surface area contributed by atoms with Crippen molar-refractivity contribution in [2.75, 3.05) is 0 Å². The van der Waals surface area contributed by atoms with Crippen molar-refractivity contribution in [2.45, 2.75) is 32.1 Å². The Morgan fingerprint density at radius 3 is 2.75 bits per heavy atom. The van der Waals surface area contributed by atoms with Gasteiger partial charge < -0.3 is 14.4 Å². The maximum atomic E-state index is 13.1. The van der Waals surface area contributed by atoms with Crippen LogP contribution in [0.4, 0.5) is 13.2 Å². The molecule has 5 rings (SSSR count). The molecule has 0 radical (unpaired) electrons. The second-order valence-corrected chi connectivity index (χ2v) is 7.71. The molecule has 2 aromatic carbocycles. The standard InChI is InChI=1S/C22H18F3N5O2/c23-22(24,25)15-7-9-18-27-28-19(30(18)12-15)11-26-21(31)14-6-8-17-16(10-14)20(32-29-17)13-4-2-1-3-5-13/h1-6,8,10,15H,7,9,11-12H2,(H,26,31)/t15-/m1/s1. The number of nitrogens with zero attached hydrogens (tertiary/aromatic N) is 4. The number of carbonyl (C=O) groups is 1. The van der Waals surface area contributed by atoms with Crippen molar-refractivity contribution >= 4 is 16.8 Å². The molecule has 0 unspecified atom stereocenters. The molecule has 0 spiro atoms. The van der Waals surface area contributed by atoms with Crippen LogP contribution in [0.5, 0.6) is 0 Å². The van der Waals surface area contributed by atoms with Gasteiger partial charge in [0.05, 0.1) is 17.8 Å². The smallest absolute Gasteiger partial charge is 0.355 e. The van der Waals surface area contributed by atoms with E-state index in [-0.39, 0.29) is 31.8 Å². The van der Waals surface area contributed by atoms with E-state index in [4.69, 9.17) is 4.52 Å². The van der Waals surface area contributed by atoms with Gasteiger partial charge >= 0.3 is 6.18 Å². The fourth-order valence-electron chi connectivity index (χ4n) is 3.92. The molecular weight excluding hydrogens is 423 g/mol. The summed E-state index contributed by atoms with van der Waals surface area (Å²) in [6, 6.07) is 14.4. The van der Waals surface area contributed by atoms with Gasteiger partial charge in [0.25, 0.3) is 5.91 Å². The predicted octanol–water partition coefficient (Wildman–Crippen LogP) is 4.14. The first-order chi connectivity index (χ1) is 15.4. The van der Waals surface area contributed by atoms with Gasteiger partial charge in [0, 0.05) is 24.1 Å². The molecule has 0 saturated carbocycles. The van der Waals surface area contributed by atoms with Crippen LogP contribution in [0.25, 0.3) is 22.2 Å². The van der Waals surface area contributed by atoms with E-state index in [0.717, 1.165) is 5.56 Å². The maximum absolute atomic E-state index is 13.1. The molecule has 1 atom stereocenters. The van der Waals surface area contributed by atoms with E-state index in [0.29, 0.717) is 33.9 Å². The highest BCUT2D eigenvalue weighted by Gasteiger charge is 2.42. The number of amides is 1. The number of hydrogen-bond acceptors (Lipinski definition) is 5. The average Bonchev–Trinajstić information content (AvgIpc) is 3.40. The molecule has 0 fully saturated rings. The van der Waals surface area contributed by atoms with E-state index >= 15 is 0 Å². The number of aryl methyl sites for hydroxylation is 1. The third-order valence-corrected chi connectivity index (χ3v) is 5.67. The van der Waals surface area contributed by atoms with Crippen molar-refractivity contribution in [3.05, 3.63) is 65.7 Å². The Morgan fingerprint density at radius 1 is 1.16 bits per heavy atom. The van der Waals surface area contributed by atoms with Crippen molar-refractivity contribution in [2.24, 2.45) is 5.92 Å². The van der Waals surface area contributed by atoms with Crippen molar-refractivity contribution in [3.63, 3.8) is 0 Å². The number of halogens is 3. The van der Waals surface area contributed by atoms with Crippen molar-refractivity contribution < 1.29 is 22.5 Å². The number of rotatable bonds is 4. The zero-order valence-electron chi connectivity index (χ0n) is 16.8. The van der Waals surface area contributed by atoms with E-state index in [1.54, 1.807) is 18.2 Å². The Labute approximate surface area is 180 Å². The first-order valence-corrected chi connectivity index (χ1v) is 10.1. The fourth-order valence-corrected chi connectivity index (χ4v) is 3.92. The van der Waals surface area contributed by atoms with Crippen molar-refractivity contribution in [1.82, 2.24) is 25.2 Å². The maximum Gasteiger partial charge on any atom is 0.393 e. The number of benzene rings is 2. The molecule has 10 heteroatoms. The highest BCUT2D eigenvalue weighted by molar-refractivity contribution is 6.00. The Kier molecular flexibility index (Phi) is 4.91. The van der Waals surface area contributed by atoms with Gasteiger partial charge in [-0.3, -0.25) is 4.79 Å². The van der Waals surface area contributed by atoms with Gasteiger partial charge in [0.1, 0.15) is 11.3 Å². The summed E-state index contributed by atoms with van der Waals surface area (Å²) in [6.45, 7) is -0.256. The van der Waals surface area contributed by atoms with E-state index in [2.05, 4.69) is 20.7 Å². The monoisotopic (exact) mass is 441 g/mol. The molecule has 7 nitrogen and oxygen atoms in total. The van der Waals surface area contributed by atoms with E-state index in [1.165, 1.54) is 4.57 Å². The Morgan fingerprint density at radius 2 is 1.97 bits per heavy atom. The van der Waals surface area contributed by atoms with Gasteiger partial charge in [0.2, 0.25) is 0 Å². The van der Waals surface area contributed by atoms with Crippen LogP contribution in [-0.4, -0.2) is 32.0 Å². The minimum atomic E-state index is -4.27. The highest BCUT2D eigenvalue weighted by atomic mass is 19.4. The number of alkyl halides is 3. The molecular formula is C22H18F3N5O2. The Bertz CT molecular complexity index is 1280. The quantitative estimate of drug-likeness (QED) is 0.515. The molecule has 164 valence electrons. The zero-order valence-corrected chi connectivity index (χ0v) is 16.8. The molecule has 0 bridgehead atoms. The van der Waals surface area contributed by atoms with Crippen LogP contribution in [0, 0.1) is 5.92 Å². The summed E-state index contributed by atoms with van der Waals surface area (Å²) in [6.07, 6.45) is -4.07. The first kappa shape index (κ1) is 20.2. The molecule has 1 N–H and O–H groups in total. The van der Waals surface area contributed by atoms with Gasteiger partial charge in [-0.05, 0) is 24.6 Å². The summed E-state index contributed by atoms with van der Waals surface area (Å²) < 4.78 is 46.3. The molecule has 0 aliphatic carbocycles. The number of aromatic nitrogens is 4. The second-order valence-electron chi connectivity index (χ2n) is 7.71. The summed E-state index contributed by atoms with van der Waals surface area (Å²) >= 11 is 0. The Balaban J connectivity index is 1.34. The predicted molar refractivity (Wildman–Crippen MR) is 109 cm³/mol. The molecule has 1 aliphatic heterocycles. The summed E-state index contributed by atoms with van der Waals surface area (Å²) in [5.74, 6) is -0.452. The van der Waals surface area contributed by atoms with Crippen LogP contribution < -0.4 is 5.32 Å². The highest BCUT2D eigenvalue weighted by Crippen LogP contribution is 2.34. The van der Waals surface area contributed by atoms with E-state index in [1.807, 2.05) is 30.3 Å². The van der Waals surface area contributed by atoms with Crippen LogP contribution in [0.2, 0.25) is 0 Å². The Hall–Kier alpha value is -3.69. The van der Waals surface area contributed by atoms with Crippen molar-refractivity contribution in [3.8, 4) is 11.3 Å². The fraction of sp³-hybridized carbons (Fsp3) is 0.273. The molecule has 1 amide bonds. The van der Waals surface area contributed by atoms with Crippen LogP contribution in [0.1, 0.15) is 28.4 Å². The lowest BCUT2D eigenvalue weighted by Crippen LogP contribution is -2.33. The van der Waals surface area contributed by atoms with E-state index < -0.39 is 12.1 Å². The molecule has 0 saturated heterocycles. The number of nitrogens with one attached hydrogen (secondary N) is 1. The van der Waals surface area contributed by atoms with E-state index in [9.17, 15) is 18.0 Å². The second kappa shape index (κ2) is 7.77. The van der Waals surface area contributed by atoms with Gasteiger partial charge in [-0.25, -0.2) is 0 Å². The van der Waals surface area contributed by atoms with Crippen LogP contribution >= 0.6 is 0 Å². The van der Waals surface area contributed by atoms with Crippen LogP contribution in [0.3, 0.4) is 0 Å². The minimum Gasteiger partial charge on any atom is -0.355 e. The average molecular weight is 441 g/mol. The number of hydrogen-bond donors (Lipinski definition) is 1. The summed E-state index contributed by atoms with van der Waals surface area (Å²) in [4.78, 5) is 12.7. The first-order valence-electron chi connectivity index (χ1n) is 10.1. The largest absolute Gasteiger partial charge is 0.393 e. The zero-order chi connectivity index (χ0) is 22.3. The van der Waals surface area contributed by atoms with Gasteiger partial charge in [-0.2, -0.15) is 13.2 Å². The molecule has 1 aliphatic rings. The minimum absolute atomic E-state index is 0.00348. The SMILES string of the molecule is O=C(NCc1nnc2n1C[C@H](C(F)(F)F)CC2)c1ccc2noc(-c3ccccc3)c2c1. The summed E-state index contributed by atoms with van der Waals surface area (Å²) in [7, 11) is 0. The van der Waals surface area contributed by atoms with Crippen molar-refractivity contribution in [1.29, 1.82) is 0 Å². The lowest BCUT2D eigenvalue weighted by Gasteiger charge is -2.26. The van der Waals surface area contributed by atoms with Gasteiger partial charge in [-0.15, -0.1) is 10.2 Å². The lowest BCUT2D eigenvalue weighted by atomic mass is 9.99. The van der Waals surface area contributed by atoms with Crippen LogP contribution in [0.15, 0.2) is 53.1 Å². The lowest BCUT2D eigenvalue weighted by molar-refractivity contribution is -0.182. The number of carbonyl (C=O) groups excluding carboxylic acids is 1. The third kappa shape index (κ3) is 3.72. The third-order valence-electron chi connectivity index (χ3n) is 5.67. The van der Waals surface area contributed by atoms with Gasteiger partial charge in [-0.1, -0.05) is 35.5 Å². The number of fused-ring (bicyclic) bond motifs is 2. The normalized spacial score (nSPS) is 16.2. The van der Waals surface area contributed by atoms with Gasteiger partial charge in [0.15, 0.2) is 11.6 Å². The van der Waals surface area contributed by atoms with Crippen LogP contribution in [-0.2, 0) is 19.5 Å². The molecule has 32 heavy (non-hydrogen) atoms. The molecule has 3 heterocycles.